The van der Waals surface area contributed by atoms with Crippen LogP contribution in [0.2, 0.25) is 23.2 Å². The Labute approximate surface area is 227 Å². The highest BCUT2D eigenvalue weighted by Gasteiger charge is 2.51. The van der Waals surface area contributed by atoms with E-state index in [1.807, 2.05) is 26.0 Å². The molecule has 0 spiro atoms. The lowest BCUT2D eigenvalue weighted by Gasteiger charge is -2.46. The maximum absolute atomic E-state index is 12.0. The van der Waals surface area contributed by atoms with Gasteiger partial charge in [0.05, 0.1) is 12.7 Å². The molecule has 0 fully saturated rings. The third-order valence-corrected chi connectivity index (χ3v) is 17.4. The van der Waals surface area contributed by atoms with Crippen molar-refractivity contribution in [3.05, 3.63) is 60.7 Å². The van der Waals surface area contributed by atoms with Crippen LogP contribution in [0.4, 0.5) is 4.79 Å². The van der Waals surface area contributed by atoms with Crippen LogP contribution in [0, 0.1) is 0 Å². The van der Waals surface area contributed by atoms with E-state index in [2.05, 4.69) is 103 Å². The fraction of sp³-hybridized carbons (Fsp3) is 0.567. The van der Waals surface area contributed by atoms with Gasteiger partial charge in [-0.1, -0.05) is 102 Å². The topological polar surface area (TPSA) is 59.0 Å². The van der Waals surface area contributed by atoms with E-state index in [1.165, 1.54) is 15.3 Å². The second-order valence-corrected chi connectivity index (χ2v) is 21.9. The summed E-state index contributed by atoms with van der Waals surface area (Å²) in [5, 5.41) is 12.1. The SMILES string of the molecule is CC(C)N(CC[C@@H](CO[Si](C)(C)C(C)(C)C)O[Si](c1ccccc1)(c1ccccc1)C(C)(C)C)C(=O)O. The molecule has 0 saturated heterocycles. The van der Waals surface area contributed by atoms with Crippen molar-refractivity contribution in [2.45, 2.75) is 97.1 Å². The molecule has 0 aliphatic heterocycles. The van der Waals surface area contributed by atoms with Gasteiger partial charge in [-0.05, 0) is 53.8 Å². The number of carbonyl (C=O) groups is 1. The van der Waals surface area contributed by atoms with E-state index in [-0.39, 0.29) is 22.2 Å². The molecule has 5 nitrogen and oxygen atoms in total. The van der Waals surface area contributed by atoms with Gasteiger partial charge in [-0.3, -0.25) is 0 Å². The predicted octanol–water partition coefficient (Wildman–Crippen LogP) is 6.73. The highest BCUT2D eigenvalue weighted by molar-refractivity contribution is 6.99. The Balaban J connectivity index is 2.59. The first-order valence-electron chi connectivity index (χ1n) is 13.5. The Morgan fingerprint density at radius 1 is 0.865 bits per heavy atom. The molecule has 0 unspecified atom stereocenters. The number of amides is 1. The van der Waals surface area contributed by atoms with Gasteiger partial charge in [0, 0.05) is 12.6 Å². The molecule has 0 aromatic heterocycles. The summed E-state index contributed by atoms with van der Waals surface area (Å²) >= 11 is 0. The van der Waals surface area contributed by atoms with Crippen LogP contribution in [0.5, 0.6) is 0 Å². The van der Waals surface area contributed by atoms with Crippen molar-refractivity contribution in [1.29, 1.82) is 0 Å². The zero-order chi connectivity index (χ0) is 28.1. The first kappa shape index (κ1) is 31.3. The monoisotopic (exact) mass is 543 g/mol. The summed E-state index contributed by atoms with van der Waals surface area (Å²) in [6, 6.07) is 21.1. The van der Waals surface area contributed by atoms with E-state index in [0.717, 1.165) is 0 Å². The molecule has 0 heterocycles. The third-order valence-electron chi connectivity index (χ3n) is 7.76. The first-order valence-corrected chi connectivity index (χ1v) is 18.3. The molecule has 0 bridgehead atoms. The molecule has 2 aromatic rings. The molecule has 2 rings (SSSR count). The molecule has 0 saturated carbocycles. The van der Waals surface area contributed by atoms with Gasteiger partial charge in [0.1, 0.15) is 0 Å². The fourth-order valence-electron chi connectivity index (χ4n) is 4.49. The van der Waals surface area contributed by atoms with Crippen LogP contribution in [0.15, 0.2) is 60.7 Å². The van der Waals surface area contributed by atoms with Crippen LogP contribution in [-0.4, -0.2) is 58.0 Å². The van der Waals surface area contributed by atoms with E-state index in [1.54, 1.807) is 0 Å². The van der Waals surface area contributed by atoms with Crippen molar-refractivity contribution >= 4 is 33.1 Å². The standard InChI is InChI=1S/C30H49NO4Si2/c1-24(2)31(28(32)33)22-21-25(23-34-36(9,10)29(3,4)5)35-37(30(6,7)8,26-17-13-11-14-18-26)27-19-15-12-16-20-27/h11-20,24-25H,21-23H2,1-10H3,(H,32,33)/t25-/m0/s1. The maximum Gasteiger partial charge on any atom is 0.407 e. The summed E-state index contributed by atoms with van der Waals surface area (Å²) in [6.45, 7) is 22.7. The van der Waals surface area contributed by atoms with Crippen molar-refractivity contribution in [2.24, 2.45) is 0 Å². The van der Waals surface area contributed by atoms with Gasteiger partial charge < -0.3 is 18.9 Å². The molecule has 0 aliphatic carbocycles. The molecule has 37 heavy (non-hydrogen) atoms. The summed E-state index contributed by atoms with van der Waals surface area (Å²) in [6.07, 6.45) is -0.575. The molecule has 0 radical (unpaired) electrons. The second kappa shape index (κ2) is 12.3. The van der Waals surface area contributed by atoms with Gasteiger partial charge >= 0.3 is 6.09 Å². The second-order valence-electron chi connectivity index (χ2n) is 12.8. The normalized spacial score (nSPS) is 14.0. The Kier molecular flexibility index (Phi) is 10.4. The predicted molar refractivity (Wildman–Crippen MR) is 160 cm³/mol. The number of nitrogens with zero attached hydrogens (tertiary/aromatic N) is 1. The Bertz CT molecular complexity index is 943. The van der Waals surface area contributed by atoms with E-state index >= 15 is 0 Å². The Hall–Kier alpha value is -1.94. The minimum atomic E-state index is -2.81. The zero-order valence-corrected chi connectivity index (χ0v) is 26.7. The largest absolute Gasteiger partial charge is 0.465 e. The number of hydrogen-bond donors (Lipinski definition) is 1. The highest BCUT2D eigenvalue weighted by atomic mass is 28.4. The maximum atomic E-state index is 12.0. The minimum Gasteiger partial charge on any atom is -0.465 e. The van der Waals surface area contributed by atoms with Crippen LogP contribution in [0.25, 0.3) is 0 Å². The van der Waals surface area contributed by atoms with Crippen molar-refractivity contribution in [3.63, 3.8) is 0 Å². The lowest BCUT2D eigenvalue weighted by Crippen LogP contribution is -2.68. The summed E-state index contributed by atoms with van der Waals surface area (Å²) in [5.74, 6) is 0. The van der Waals surface area contributed by atoms with E-state index in [9.17, 15) is 9.90 Å². The molecular formula is C30H49NO4Si2. The molecule has 2 aromatic carbocycles. The van der Waals surface area contributed by atoms with Crippen LogP contribution < -0.4 is 10.4 Å². The molecule has 7 heteroatoms. The molecule has 1 N–H and O–H groups in total. The van der Waals surface area contributed by atoms with Crippen LogP contribution in [-0.2, 0) is 8.85 Å². The molecule has 206 valence electrons. The minimum absolute atomic E-state index is 0.0694. The summed E-state index contributed by atoms with van der Waals surface area (Å²) in [4.78, 5) is 13.5. The molecule has 1 atom stereocenters. The van der Waals surface area contributed by atoms with Gasteiger partial charge in [-0.25, -0.2) is 4.79 Å². The van der Waals surface area contributed by atoms with Crippen LogP contribution in [0.1, 0.15) is 61.8 Å². The molecule has 1 amide bonds. The lowest BCUT2D eigenvalue weighted by atomic mass is 10.2. The highest BCUT2D eigenvalue weighted by Crippen LogP contribution is 2.39. The first-order chi connectivity index (χ1) is 17.0. The third kappa shape index (κ3) is 7.56. The molecule has 0 aliphatic rings. The number of hydrogen-bond acceptors (Lipinski definition) is 3. The molecular weight excluding hydrogens is 495 g/mol. The number of carboxylic acid groups (broad SMARTS) is 1. The zero-order valence-electron chi connectivity index (χ0n) is 24.7. The fourth-order valence-corrected chi connectivity index (χ4v) is 10.2. The van der Waals surface area contributed by atoms with E-state index in [4.69, 9.17) is 8.85 Å². The Morgan fingerprint density at radius 3 is 1.68 bits per heavy atom. The van der Waals surface area contributed by atoms with Gasteiger partial charge in [0.25, 0.3) is 8.32 Å². The number of rotatable bonds is 11. The quantitative estimate of drug-likeness (QED) is 0.319. The average molecular weight is 544 g/mol. The van der Waals surface area contributed by atoms with Gasteiger partial charge in [-0.15, -0.1) is 0 Å². The van der Waals surface area contributed by atoms with E-state index in [0.29, 0.717) is 19.6 Å². The van der Waals surface area contributed by atoms with Crippen molar-refractivity contribution in [1.82, 2.24) is 4.90 Å². The number of benzene rings is 2. The van der Waals surface area contributed by atoms with Crippen LogP contribution in [0.3, 0.4) is 0 Å². The summed E-state index contributed by atoms with van der Waals surface area (Å²) in [7, 11) is -4.85. The summed E-state index contributed by atoms with van der Waals surface area (Å²) < 4.78 is 14.1. The Morgan fingerprint density at radius 2 is 1.32 bits per heavy atom. The summed E-state index contributed by atoms with van der Waals surface area (Å²) in [5.41, 5.74) is 0. The van der Waals surface area contributed by atoms with E-state index < -0.39 is 22.7 Å². The van der Waals surface area contributed by atoms with Crippen LogP contribution >= 0.6 is 0 Å². The van der Waals surface area contributed by atoms with Gasteiger partial charge in [-0.2, -0.15) is 0 Å². The van der Waals surface area contributed by atoms with Crippen molar-refractivity contribution < 1.29 is 18.8 Å². The average Bonchev–Trinajstić information content (AvgIpc) is 2.79. The van der Waals surface area contributed by atoms with Gasteiger partial charge in [0.2, 0.25) is 0 Å². The van der Waals surface area contributed by atoms with Gasteiger partial charge in [0.15, 0.2) is 8.32 Å². The lowest BCUT2D eigenvalue weighted by molar-refractivity contribution is 0.0834. The van der Waals surface area contributed by atoms with Crippen molar-refractivity contribution in [2.75, 3.05) is 13.2 Å². The smallest absolute Gasteiger partial charge is 0.407 e. The van der Waals surface area contributed by atoms with Crippen molar-refractivity contribution in [3.8, 4) is 0 Å².